The van der Waals surface area contributed by atoms with Crippen molar-refractivity contribution in [2.24, 2.45) is 0 Å². The van der Waals surface area contributed by atoms with Crippen LogP contribution < -0.4 is 0 Å². The van der Waals surface area contributed by atoms with Gasteiger partial charge in [0, 0.05) is 31.0 Å². The molecule has 156 valence electrons. The van der Waals surface area contributed by atoms with Crippen LogP contribution in [0.2, 0.25) is 0 Å². The minimum absolute atomic E-state index is 0.0358. The number of rotatable bonds is 4. The van der Waals surface area contributed by atoms with Crippen LogP contribution in [0, 0.1) is 13.8 Å². The van der Waals surface area contributed by atoms with E-state index in [4.69, 9.17) is 4.52 Å². The highest BCUT2D eigenvalue weighted by atomic mass is 16.5. The summed E-state index contributed by atoms with van der Waals surface area (Å²) in [5.41, 5.74) is 0.590. The van der Waals surface area contributed by atoms with E-state index >= 15 is 0 Å². The van der Waals surface area contributed by atoms with E-state index in [1.807, 2.05) is 29.7 Å². The monoisotopic (exact) mass is 408 g/mol. The largest absolute Gasteiger partial charge is 0.338 e. The van der Waals surface area contributed by atoms with Crippen molar-refractivity contribution in [3.05, 3.63) is 65.8 Å². The Bertz CT molecular complexity index is 1030. The molecule has 2 aromatic heterocycles. The third-order valence-corrected chi connectivity index (χ3v) is 5.29. The Morgan fingerprint density at radius 1 is 1.17 bits per heavy atom. The van der Waals surface area contributed by atoms with Crippen LogP contribution >= 0.6 is 0 Å². The van der Waals surface area contributed by atoms with Gasteiger partial charge in [-0.25, -0.2) is 4.98 Å². The number of aromatic nitrogens is 4. The highest BCUT2D eigenvalue weighted by Gasteiger charge is 2.35. The Kier molecular flexibility index (Phi) is 5.60. The average molecular weight is 408 g/mol. The summed E-state index contributed by atoms with van der Waals surface area (Å²) in [5, 5.41) is 3.89. The van der Waals surface area contributed by atoms with Crippen LogP contribution in [0.15, 0.2) is 47.2 Å². The Hall–Kier alpha value is -3.49. The van der Waals surface area contributed by atoms with Crippen molar-refractivity contribution in [2.75, 3.05) is 19.6 Å². The Balaban J connectivity index is 1.60. The quantitative estimate of drug-likeness (QED) is 0.655. The third kappa shape index (κ3) is 4.10. The first kappa shape index (κ1) is 19.8. The summed E-state index contributed by atoms with van der Waals surface area (Å²) in [6, 6.07) is 8.60. The number of amides is 2. The minimum atomic E-state index is -0.505. The van der Waals surface area contributed by atoms with Crippen LogP contribution in [0.4, 0.5) is 0 Å². The molecule has 1 saturated heterocycles. The number of hydrogen-bond acceptors (Lipinski definition) is 6. The van der Waals surface area contributed by atoms with Crippen molar-refractivity contribution in [2.45, 2.75) is 32.9 Å². The molecule has 0 spiro atoms. The first-order chi connectivity index (χ1) is 14.5. The SMILES string of the molecule is Cc1noc(C2CN(C(=O)Cn3ccnc3C)CCCN2C(=O)c2ccccc2)n1. The molecule has 2 amide bonds. The zero-order valence-electron chi connectivity index (χ0n) is 17.1. The van der Waals surface area contributed by atoms with E-state index in [0.717, 1.165) is 5.82 Å². The van der Waals surface area contributed by atoms with Crippen LogP contribution in [-0.2, 0) is 11.3 Å². The van der Waals surface area contributed by atoms with Crippen molar-refractivity contribution in [1.29, 1.82) is 0 Å². The molecule has 0 saturated carbocycles. The van der Waals surface area contributed by atoms with Gasteiger partial charge in [-0.3, -0.25) is 9.59 Å². The van der Waals surface area contributed by atoms with Gasteiger partial charge in [-0.05, 0) is 32.4 Å². The second-order valence-electron chi connectivity index (χ2n) is 7.36. The zero-order valence-corrected chi connectivity index (χ0v) is 17.1. The van der Waals surface area contributed by atoms with E-state index in [-0.39, 0.29) is 18.4 Å². The maximum Gasteiger partial charge on any atom is 0.254 e. The van der Waals surface area contributed by atoms with Crippen molar-refractivity contribution in [3.63, 3.8) is 0 Å². The first-order valence-electron chi connectivity index (χ1n) is 9.94. The van der Waals surface area contributed by atoms with Gasteiger partial charge in [-0.15, -0.1) is 0 Å². The molecule has 9 heteroatoms. The molecule has 0 N–H and O–H groups in total. The van der Waals surface area contributed by atoms with Crippen molar-refractivity contribution < 1.29 is 14.1 Å². The predicted octanol–water partition coefficient (Wildman–Crippen LogP) is 2.00. The minimum Gasteiger partial charge on any atom is -0.338 e. The predicted molar refractivity (Wildman–Crippen MR) is 107 cm³/mol. The van der Waals surface area contributed by atoms with Gasteiger partial charge < -0.3 is 18.9 Å². The van der Waals surface area contributed by atoms with Gasteiger partial charge in [-0.2, -0.15) is 4.98 Å². The smallest absolute Gasteiger partial charge is 0.254 e. The maximum atomic E-state index is 13.2. The molecule has 1 fully saturated rings. The van der Waals surface area contributed by atoms with E-state index in [1.54, 1.807) is 41.2 Å². The van der Waals surface area contributed by atoms with Gasteiger partial charge in [0.1, 0.15) is 18.4 Å². The van der Waals surface area contributed by atoms with E-state index in [2.05, 4.69) is 15.1 Å². The molecular formula is C21H24N6O3. The fourth-order valence-corrected chi connectivity index (χ4v) is 3.68. The Labute approximate surface area is 174 Å². The summed E-state index contributed by atoms with van der Waals surface area (Å²) in [5.74, 6) is 1.47. The molecule has 3 aromatic rings. The van der Waals surface area contributed by atoms with Crippen LogP contribution in [0.3, 0.4) is 0 Å². The number of carbonyl (C=O) groups excluding carboxylic acids is 2. The molecule has 1 aliphatic heterocycles. The van der Waals surface area contributed by atoms with Crippen LogP contribution in [0.1, 0.15) is 40.4 Å². The number of imidazole rings is 1. The van der Waals surface area contributed by atoms with Gasteiger partial charge in [-0.1, -0.05) is 23.4 Å². The molecular weight excluding hydrogens is 384 g/mol. The van der Waals surface area contributed by atoms with E-state index in [0.29, 0.717) is 43.3 Å². The van der Waals surface area contributed by atoms with E-state index < -0.39 is 6.04 Å². The molecule has 1 unspecified atom stereocenters. The number of aryl methyl sites for hydroxylation is 2. The van der Waals surface area contributed by atoms with E-state index in [1.165, 1.54) is 0 Å². The number of nitrogens with zero attached hydrogens (tertiary/aromatic N) is 6. The molecule has 0 aliphatic carbocycles. The van der Waals surface area contributed by atoms with Gasteiger partial charge in [0.2, 0.25) is 5.91 Å². The summed E-state index contributed by atoms with van der Waals surface area (Å²) in [7, 11) is 0. The molecule has 0 radical (unpaired) electrons. The highest BCUT2D eigenvalue weighted by Crippen LogP contribution is 2.26. The van der Waals surface area contributed by atoms with Crippen molar-refractivity contribution in [1.82, 2.24) is 29.5 Å². The zero-order chi connectivity index (χ0) is 21.1. The number of benzene rings is 1. The van der Waals surface area contributed by atoms with Gasteiger partial charge in [0.15, 0.2) is 5.82 Å². The van der Waals surface area contributed by atoms with Crippen LogP contribution in [0.5, 0.6) is 0 Å². The fraction of sp³-hybridized carbons (Fsp3) is 0.381. The lowest BCUT2D eigenvalue weighted by Crippen LogP contribution is -2.41. The van der Waals surface area contributed by atoms with Gasteiger partial charge >= 0.3 is 0 Å². The van der Waals surface area contributed by atoms with Crippen molar-refractivity contribution >= 4 is 11.8 Å². The third-order valence-electron chi connectivity index (χ3n) is 5.29. The fourth-order valence-electron chi connectivity index (χ4n) is 3.68. The number of hydrogen-bond donors (Lipinski definition) is 0. The molecule has 3 heterocycles. The van der Waals surface area contributed by atoms with Crippen LogP contribution in [0.25, 0.3) is 0 Å². The molecule has 30 heavy (non-hydrogen) atoms. The second kappa shape index (κ2) is 8.48. The topological polar surface area (TPSA) is 97.4 Å². The standard InChI is InChI=1S/C21H24N6O3/c1-15-23-20(30-24-15)18-13-26(19(28)14-25-12-9-22-16(25)2)10-6-11-27(18)21(29)17-7-4-3-5-8-17/h3-5,7-9,12,18H,6,10-11,13-14H2,1-2H3. The summed E-state index contributed by atoms with van der Waals surface area (Å²) in [6.07, 6.45) is 4.13. The second-order valence-corrected chi connectivity index (χ2v) is 7.36. The maximum absolute atomic E-state index is 13.2. The average Bonchev–Trinajstić information content (AvgIpc) is 3.29. The lowest BCUT2D eigenvalue weighted by atomic mass is 10.1. The van der Waals surface area contributed by atoms with E-state index in [9.17, 15) is 9.59 Å². The Morgan fingerprint density at radius 2 is 1.97 bits per heavy atom. The van der Waals surface area contributed by atoms with Gasteiger partial charge in [0.05, 0.1) is 6.54 Å². The molecule has 1 aliphatic rings. The number of carbonyl (C=O) groups is 2. The molecule has 4 rings (SSSR count). The Morgan fingerprint density at radius 3 is 2.63 bits per heavy atom. The van der Waals surface area contributed by atoms with Crippen molar-refractivity contribution in [3.8, 4) is 0 Å². The summed E-state index contributed by atoms with van der Waals surface area (Å²) >= 11 is 0. The normalized spacial score (nSPS) is 17.1. The summed E-state index contributed by atoms with van der Waals surface area (Å²) < 4.78 is 7.23. The summed E-state index contributed by atoms with van der Waals surface area (Å²) in [6.45, 7) is 5.14. The highest BCUT2D eigenvalue weighted by molar-refractivity contribution is 5.94. The van der Waals surface area contributed by atoms with Crippen LogP contribution in [-0.4, -0.2) is 60.9 Å². The lowest BCUT2D eigenvalue weighted by Gasteiger charge is -2.29. The van der Waals surface area contributed by atoms with Gasteiger partial charge in [0.25, 0.3) is 11.8 Å². The summed E-state index contributed by atoms with van der Waals surface area (Å²) in [4.78, 5) is 38.3. The molecule has 0 bridgehead atoms. The lowest BCUT2D eigenvalue weighted by molar-refractivity contribution is -0.132. The molecule has 1 atom stereocenters. The molecule has 9 nitrogen and oxygen atoms in total. The first-order valence-corrected chi connectivity index (χ1v) is 9.94. The molecule has 1 aromatic carbocycles.